The molecule has 1 saturated carbocycles. The van der Waals surface area contributed by atoms with Gasteiger partial charge < -0.3 is 4.98 Å². The average molecular weight is 244 g/mol. The lowest BCUT2D eigenvalue weighted by Gasteiger charge is -2.04. The third kappa shape index (κ3) is 2.24. The third-order valence-electron chi connectivity index (χ3n) is 2.80. The van der Waals surface area contributed by atoms with Crippen molar-refractivity contribution in [2.75, 3.05) is 0 Å². The van der Waals surface area contributed by atoms with E-state index in [9.17, 15) is 0 Å². The minimum Gasteiger partial charge on any atom is -0.342 e. The molecule has 0 spiro atoms. The van der Waals surface area contributed by atoms with E-state index < -0.39 is 0 Å². The normalized spacial score (nSPS) is 14.9. The van der Waals surface area contributed by atoms with Gasteiger partial charge in [0.05, 0.1) is 0 Å². The Balaban J connectivity index is 2.10. The van der Waals surface area contributed by atoms with Crippen molar-refractivity contribution in [3.05, 3.63) is 34.5 Å². The Bertz CT molecular complexity index is 616. The van der Waals surface area contributed by atoms with Crippen LogP contribution in [0.3, 0.4) is 0 Å². The van der Waals surface area contributed by atoms with Gasteiger partial charge in [0.25, 0.3) is 0 Å². The van der Waals surface area contributed by atoms with Crippen molar-refractivity contribution in [1.82, 2.24) is 19.9 Å². The summed E-state index contributed by atoms with van der Waals surface area (Å²) in [5, 5.41) is 0. The molecule has 0 aliphatic heterocycles. The standard InChI is InChI=1S/C12H12N4S/c1-7-13-5-4-9(14-7)12-15-10(8-2-3-8)6-11(17)16-12/h4-6,8H,2-3H2,1H3,(H,15,16,17). The van der Waals surface area contributed by atoms with Crippen molar-refractivity contribution < 1.29 is 0 Å². The Morgan fingerprint density at radius 3 is 2.88 bits per heavy atom. The van der Waals surface area contributed by atoms with Crippen LogP contribution in [-0.2, 0) is 0 Å². The molecule has 0 amide bonds. The summed E-state index contributed by atoms with van der Waals surface area (Å²) in [5.41, 5.74) is 1.97. The second kappa shape index (κ2) is 4.00. The molecule has 0 bridgehead atoms. The van der Waals surface area contributed by atoms with Gasteiger partial charge in [0, 0.05) is 11.9 Å². The number of hydrogen-bond donors (Lipinski definition) is 1. The van der Waals surface area contributed by atoms with Crippen molar-refractivity contribution >= 4 is 12.2 Å². The predicted octanol–water partition coefficient (Wildman–Crippen LogP) is 2.78. The summed E-state index contributed by atoms with van der Waals surface area (Å²) in [6.07, 6.45) is 4.20. The van der Waals surface area contributed by atoms with Gasteiger partial charge >= 0.3 is 0 Å². The molecule has 0 aromatic carbocycles. The lowest BCUT2D eigenvalue weighted by molar-refractivity contribution is 0.969. The lowest BCUT2D eigenvalue weighted by Crippen LogP contribution is -1.98. The van der Waals surface area contributed by atoms with E-state index in [0.29, 0.717) is 10.6 Å². The fourth-order valence-electron chi connectivity index (χ4n) is 1.80. The monoisotopic (exact) mass is 244 g/mol. The van der Waals surface area contributed by atoms with E-state index >= 15 is 0 Å². The summed E-state index contributed by atoms with van der Waals surface area (Å²) in [6.45, 7) is 1.86. The molecule has 0 unspecified atom stereocenters. The van der Waals surface area contributed by atoms with Gasteiger partial charge in [-0.15, -0.1) is 0 Å². The van der Waals surface area contributed by atoms with Gasteiger partial charge in [-0.3, -0.25) is 0 Å². The largest absolute Gasteiger partial charge is 0.342 e. The molecular weight excluding hydrogens is 232 g/mol. The highest BCUT2D eigenvalue weighted by molar-refractivity contribution is 7.71. The van der Waals surface area contributed by atoms with Crippen molar-refractivity contribution in [2.24, 2.45) is 0 Å². The minimum atomic E-state index is 0.622. The molecular formula is C12H12N4S. The lowest BCUT2D eigenvalue weighted by atomic mass is 10.2. The van der Waals surface area contributed by atoms with Gasteiger partial charge in [-0.05, 0) is 37.8 Å². The summed E-state index contributed by atoms with van der Waals surface area (Å²) < 4.78 is 0.622. The van der Waals surface area contributed by atoms with Gasteiger partial charge in [-0.25, -0.2) is 15.0 Å². The number of nitrogens with one attached hydrogen (secondary N) is 1. The molecule has 0 saturated heterocycles. The van der Waals surface area contributed by atoms with Crippen molar-refractivity contribution in [3.63, 3.8) is 0 Å². The molecule has 2 aromatic rings. The van der Waals surface area contributed by atoms with Crippen LogP contribution in [0.1, 0.15) is 30.3 Å². The van der Waals surface area contributed by atoms with Gasteiger partial charge in [-0.1, -0.05) is 12.2 Å². The molecule has 86 valence electrons. The Morgan fingerprint density at radius 2 is 2.18 bits per heavy atom. The van der Waals surface area contributed by atoms with Crippen LogP contribution in [0.2, 0.25) is 0 Å². The van der Waals surface area contributed by atoms with E-state index in [4.69, 9.17) is 12.2 Å². The van der Waals surface area contributed by atoms with Crippen LogP contribution in [0.5, 0.6) is 0 Å². The number of H-pyrrole nitrogens is 1. The molecule has 2 aromatic heterocycles. The zero-order valence-electron chi connectivity index (χ0n) is 9.47. The molecule has 3 rings (SSSR count). The molecule has 0 atom stereocenters. The third-order valence-corrected chi connectivity index (χ3v) is 3.01. The molecule has 1 N–H and O–H groups in total. The molecule has 0 radical (unpaired) electrons. The average Bonchev–Trinajstić information content (AvgIpc) is 3.12. The number of aromatic nitrogens is 4. The maximum absolute atomic E-state index is 5.19. The Hall–Kier alpha value is -1.62. The van der Waals surface area contributed by atoms with Crippen LogP contribution >= 0.6 is 12.2 Å². The first kappa shape index (κ1) is 10.5. The number of aromatic amines is 1. The van der Waals surface area contributed by atoms with Crippen LogP contribution in [0.4, 0.5) is 0 Å². The van der Waals surface area contributed by atoms with Crippen molar-refractivity contribution in [1.29, 1.82) is 0 Å². The quantitative estimate of drug-likeness (QED) is 0.825. The van der Waals surface area contributed by atoms with Crippen molar-refractivity contribution in [2.45, 2.75) is 25.7 Å². The van der Waals surface area contributed by atoms with Crippen LogP contribution < -0.4 is 0 Å². The zero-order valence-corrected chi connectivity index (χ0v) is 10.3. The smallest absolute Gasteiger partial charge is 0.157 e. The first-order valence-electron chi connectivity index (χ1n) is 5.63. The summed E-state index contributed by atoms with van der Waals surface area (Å²) in [7, 11) is 0. The second-order valence-electron chi connectivity index (χ2n) is 4.29. The van der Waals surface area contributed by atoms with E-state index in [0.717, 1.165) is 17.3 Å². The fraction of sp³-hybridized carbons (Fsp3) is 0.333. The summed E-state index contributed by atoms with van der Waals surface area (Å²) in [5.74, 6) is 2.10. The van der Waals surface area contributed by atoms with Crippen molar-refractivity contribution in [3.8, 4) is 11.5 Å². The minimum absolute atomic E-state index is 0.622. The van der Waals surface area contributed by atoms with Crippen LogP contribution in [0.25, 0.3) is 11.5 Å². The SMILES string of the molecule is Cc1nccc(-c2nc(=S)cc(C3CC3)[nH]2)n1. The highest BCUT2D eigenvalue weighted by atomic mass is 32.1. The molecule has 2 heterocycles. The predicted molar refractivity (Wildman–Crippen MR) is 67.2 cm³/mol. The maximum atomic E-state index is 5.19. The van der Waals surface area contributed by atoms with E-state index in [2.05, 4.69) is 19.9 Å². The molecule has 17 heavy (non-hydrogen) atoms. The molecule has 5 heteroatoms. The zero-order chi connectivity index (χ0) is 11.8. The molecule has 1 aliphatic rings. The van der Waals surface area contributed by atoms with Gasteiger partial charge in [0.1, 0.15) is 16.2 Å². The number of hydrogen-bond acceptors (Lipinski definition) is 4. The number of rotatable bonds is 2. The molecule has 1 fully saturated rings. The Kier molecular flexibility index (Phi) is 2.48. The highest BCUT2D eigenvalue weighted by Gasteiger charge is 2.24. The van der Waals surface area contributed by atoms with E-state index in [1.54, 1.807) is 6.20 Å². The summed E-state index contributed by atoms with van der Waals surface area (Å²) >= 11 is 5.19. The van der Waals surface area contributed by atoms with Crippen LogP contribution in [0, 0.1) is 11.6 Å². The number of nitrogens with zero attached hydrogens (tertiary/aromatic N) is 3. The van der Waals surface area contributed by atoms with E-state index in [1.165, 1.54) is 18.5 Å². The summed E-state index contributed by atoms with van der Waals surface area (Å²) in [4.78, 5) is 16.1. The number of aryl methyl sites for hydroxylation is 1. The molecule has 1 aliphatic carbocycles. The molecule has 4 nitrogen and oxygen atoms in total. The highest BCUT2D eigenvalue weighted by Crippen LogP contribution is 2.39. The summed E-state index contributed by atoms with van der Waals surface area (Å²) in [6, 6.07) is 3.79. The van der Waals surface area contributed by atoms with Crippen LogP contribution in [-0.4, -0.2) is 19.9 Å². The van der Waals surface area contributed by atoms with Gasteiger partial charge in [-0.2, -0.15) is 0 Å². The first-order chi connectivity index (χ1) is 8.22. The Labute approximate surface area is 104 Å². The van der Waals surface area contributed by atoms with Crippen LogP contribution in [0.15, 0.2) is 18.3 Å². The fourth-order valence-corrected chi connectivity index (χ4v) is 2.02. The maximum Gasteiger partial charge on any atom is 0.157 e. The Morgan fingerprint density at radius 1 is 1.35 bits per heavy atom. The second-order valence-corrected chi connectivity index (χ2v) is 4.70. The van der Waals surface area contributed by atoms with Gasteiger partial charge in [0.2, 0.25) is 0 Å². The first-order valence-corrected chi connectivity index (χ1v) is 6.04. The van der Waals surface area contributed by atoms with E-state index in [1.807, 2.05) is 19.1 Å². The topological polar surface area (TPSA) is 54.5 Å². The van der Waals surface area contributed by atoms with E-state index in [-0.39, 0.29) is 0 Å². The van der Waals surface area contributed by atoms with Gasteiger partial charge in [0.15, 0.2) is 5.82 Å².